The molecule has 0 N–H and O–H groups in total. The third-order valence-electron chi connectivity index (χ3n) is 3.18. The molecule has 0 amide bonds. The maximum Gasteiger partial charge on any atom is 0.330 e. The van der Waals surface area contributed by atoms with Gasteiger partial charge in [-0.05, 0) is 18.8 Å². The van der Waals surface area contributed by atoms with Crippen molar-refractivity contribution in [1.29, 1.82) is 0 Å². The van der Waals surface area contributed by atoms with E-state index in [9.17, 15) is 14.9 Å². The SMILES string of the molecule is CCOC(=O)/C=C/[C@H](C(C)C)[C@H](C[N+](=O)[O-])C(OC)OC. The number of methoxy groups -OCH3 is 2. The summed E-state index contributed by atoms with van der Waals surface area (Å²) in [4.78, 5) is 21.9. The van der Waals surface area contributed by atoms with Crippen molar-refractivity contribution < 1.29 is 23.9 Å². The highest BCUT2D eigenvalue weighted by molar-refractivity contribution is 5.81. The second-order valence-corrected chi connectivity index (χ2v) is 4.95. The highest BCUT2D eigenvalue weighted by Crippen LogP contribution is 2.27. The third-order valence-corrected chi connectivity index (χ3v) is 3.18. The Hall–Kier alpha value is -1.47. The van der Waals surface area contributed by atoms with Crippen molar-refractivity contribution >= 4 is 5.97 Å². The molecule has 0 fully saturated rings. The van der Waals surface area contributed by atoms with Gasteiger partial charge in [0.15, 0.2) is 6.29 Å². The van der Waals surface area contributed by atoms with Crippen LogP contribution < -0.4 is 0 Å². The fourth-order valence-electron chi connectivity index (χ4n) is 2.25. The van der Waals surface area contributed by atoms with Crippen LogP contribution in [0.1, 0.15) is 20.8 Å². The van der Waals surface area contributed by atoms with Crippen LogP contribution in [0.3, 0.4) is 0 Å². The molecule has 2 atom stereocenters. The van der Waals surface area contributed by atoms with E-state index in [4.69, 9.17) is 14.2 Å². The molecule has 0 aliphatic carbocycles. The Bertz CT molecular complexity index is 351. The van der Waals surface area contributed by atoms with Crippen LogP contribution in [0.5, 0.6) is 0 Å². The molecule has 0 aromatic carbocycles. The van der Waals surface area contributed by atoms with Gasteiger partial charge in [-0.25, -0.2) is 4.79 Å². The summed E-state index contributed by atoms with van der Waals surface area (Å²) in [7, 11) is 2.88. The average molecular weight is 303 g/mol. The summed E-state index contributed by atoms with van der Waals surface area (Å²) in [6, 6.07) is 0. The number of ether oxygens (including phenoxy) is 3. The highest BCUT2D eigenvalue weighted by Gasteiger charge is 2.34. The van der Waals surface area contributed by atoms with Crippen LogP contribution in [0.25, 0.3) is 0 Å². The molecule has 0 bridgehead atoms. The molecule has 7 heteroatoms. The Morgan fingerprint density at radius 3 is 2.24 bits per heavy atom. The minimum absolute atomic E-state index is 0.0772. The van der Waals surface area contributed by atoms with Crippen molar-refractivity contribution in [2.24, 2.45) is 17.8 Å². The molecule has 0 aliphatic heterocycles. The van der Waals surface area contributed by atoms with Gasteiger partial charge in [0.05, 0.1) is 12.5 Å². The van der Waals surface area contributed by atoms with E-state index in [-0.39, 0.29) is 25.0 Å². The van der Waals surface area contributed by atoms with Crippen molar-refractivity contribution in [2.45, 2.75) is 27.1 Å². The average Bonchev–Trinajstić information content (AvgIpc) is 2.39. The fourth-order valence-corrected chi connectivity index (χ4v) is 2.25. The van der Waals surface area contributed by atoms with Crippen molar-refractivity contribution in [3.8, 4) is 0 Å². The number of nitro groups is 1. The molecule has 0 rings (SSSR count). The minimum Gasteiger partial charge on any atom is -0.463 e. The predicted octanol–water partition coefficient (Wildman–Crippen LogP) is 1.89. The molecule has 0 radical (unpaired) electrons. The predicted molar refractivity (Wildman–Crippen MR) is 77.3 cm³/mol. The van der Waals surface area contributed by atoms with Crippen LogP contribution in [0.15, 0.2) is 12.2 Å². The fraction of sp³-hybridized carbons (Fsp3) is 0.786. The molecule has 0 spiro atoms. The Morgan fingerprint density at radius 1 is 1.29 bits per heavy atom. The number of carbonyl (C=O) groups excluding carboxylic acids is 1. The molecule has 0 aromatic rings. The number of nitrogens with zero attached hydrogens (tertiary/aromatic N) is 1. The summed E-state index contributed by atoms with van der Waals surface area (Å²) < 4.78 is 15.2. The van der Waals surface area contributed by atoms with E-state index in [2.05, 4.69) is 0 Å². The Balaban J connectivity index is 5.21. The summed E-state index contributed by atoms with van der Waals surface area (Å²) in [6.07, 6.45) is 2.24. The lowest BCUT2D eigenvalue weighted by Gasteiger charge is -2.29. The summed E-state index contributed by atoms with van der Waals surface area (Å²) in [5.41, 5.74) is 0. The molecule has 0 heterocycles. The summed E-state index contributed by atoms with van der Waals surface area (Å²) >= 11 is 0. The van der Waals surface area contributed by atoms with Gasteiger partial charge < -0.3 is 14.2 Å². The second-order valence-electron chi connectivity index (χ2n) is 4.95. The third kappa shape index (κ3) is 7.19. The normalized spacial score (nSPS) is 14.6. The second kappa shape index (κ2) is 10.3. The Morgan fingerprint density at radius 2 is 1.86 bits per heavy atom. The Labute approximate surface area is 125 Å². The summed E-state index contributed by atoms with van der Waals surface area (Å²) in [5, 5.41) is 10.9. The van der Waals surface area contributed by atoms with Crippen molar-refractivity contribution in [3.05, 3.63) is 22.3 Å². The maximum absolute atomic E-state index is 11.4. The molecule has 0 saturated carbocycles. The lowest BCUT2D eigenvalue weighted by molar-refractivity contribution is -0.496. The van der Waals surface area contributed by atoms with Gasteiger partial charge in [-0.1, -0.05) is 19.9 Å². The summed E-state index contributed by atoms with van der Waals surface area (Å²) in [5.74, 6) is -1.13. The molecule has 0 aromatic heterocycles. The van der Waals surface area contributed by atoms with Crippen LogP contribution >= 0.6 is 0 Å². The smallest absolute Gasteiger partial charge is 0.330 e. The van der Waals surface area contributed by atoms with Crippen LogP contribution in [0.2, 0.25) is 0 Å². The van der Waals surface area contributed by atoms with Crippen LogP contribution in [-0.2, 0) is 19.0 Å². The van der Waals surface area contributed by atoms with Crippen molar-refractivity contribution in [1.82, 2.24) is 0 Å². The molecule has 21 heavy (non-hydrogen) atoms. The van der Waals surface area contributed by atoms with Crippen LogP contribution in [-0.4, -0.2) is 44.6 Å². The van der Waals surface area contributed by atoms with Gasteiger partial charge in [0.1, 0.15) is 0 Å². The first kappa shape index (κ1) is 19.5. The zero-order valence-electron chi connectivity index (χ0n) is 13.3. The summed E-state index contributed by atoms with van der Waals surface area (Å²) in [6.45, 7) is 5.55. The zero-order valence-corrected chi connectivity index (χ0v) is 13.3. The van der Waals surface area contributed by atoms with Crippen LogP contribution in [0, 0.1) is 27.9 Å². The number of allylic oxidation sites excluding steroid dienone is 1. The first-order chi connectivity index (χ1) is 9.87. The maximum atomic E-state index is 11.4. The first-order valence-electron chi connectivity index (χ1n) is 6.89. The van der Waals surface area contributed by atoms with Gasteiger partial charge in [0.25, 0.3) is 0 Å². The van der Waals surface area contributed by atoms with E-state index < -0.39 is 23.1 Å². The number of rotatable bonds is 10. The minimum atomic E-state index is -0.713. The molecule has 7 nitrogen and oxygen atoms in total. The van der Waals surface area contributed by atoms with Crippen molar-refractivity contribution in [2.75, 3.05) is 27.4 Å². The number of hydrogen-bond acceptors (Lipinski definition) is 6. The van der Waals surface area contributed by atoms with Gasteiger partial charge in [-0.2, -0.15) is 0 Å². The van der Waals surface area contributed by atoms with Crippen LogP contribution in [0.4, 0.5) is 0 Å². The molecular formula is C14H25NO6. The van der Waals surface area contributed by atoms with Crippen molar-refractivity contribution in [3.63, 3.8) is 0 Å². The van der Waals surface area contributed by atoms with E-state index in [0.29, 0.717) is 0 Å². The van der Waals surface area contributed by atoms with E-state index in [1.165, 1.54) is 20.3 Å². The Kier molecular flexibility index (Phi) is 9.56. The first-order valence-corrected chi connectivity index (χ1v) is 6.89. The number of carbonyl (C=O) groups is 1. The van der Waals surface area contributed by atoms with E-state index in [1.54, 1.807) is 13.0 Å². The quantitative estimate of drug-likeness (QED) is 0.201. The number of esters is 1. The van der Waals surface area contributed by atoms with Gasteiger partial charge >= 0.3 is 5.97 Å². The lowest BCUT2D eigenvalue weighted by Crippen LogP contribution is -2.37. The largest absolute Gasteiger partial charge is 0.463 e. The molecule has 122 valence electrons. The number of hydrogen-bond donors (Lipinski definition) is 0. The van der Waals surface area contributed by atoms with E-state index >= 15 is 0 Å². The van der Waals surface area contributed by atoms with Gasteiger partial charge in [0, 0.05) is 25.2 Å². The van der Waals surface area contributed by atoms with Gasteiger partial charge in [-0.3, -0.25) is 10.1 Å². The molecule has 0 unspecified atom stereocenters. The standard InChI is InChI=1S/C14H25NO6/c1-6-21-13(16)8-7-11(10(2)3)12(9-15(17)18)14(19-4)20-5/h7-8,10-12,14H,6,9H2,1-5H3/b8-7+/t11-,12+/m1/s1. The van der Waals surface area contributed by atoms with Gasteiger partial charge in [-0.15, -0.1) is 0 Å². The lowest BCUT2D eigenvalue weighted by atomic mass is 9.82. The molecule has 0 aliphatic rings. The highest BCUT2D eigenvalue weighted by atomic mass is 16.7. The van der Waals surface area contributed by atoms with Gasteiger partial charge in [0.2, 0.25) is 6.54 Å². The monoisotopic (exact) mass is 303 g/mol. The molecule has 0 saturated heterocycles. The van der Waals surface area contributed by atoms with E-state index in [1.807, 2.05) is 13.8 Å². The topological polar surface area (TPSA) is 87.9 Å². The molecular weight excluding hydrogens is 278 g/mol. The van der Waals surface area contributed by atoms with E-state index in [0.717, 1.165) is 0 Å². The zero-order chi connectivity index (χ0) is 16.4.